The van der Waals surface area contributed by atoms with Crippen LogP contribution in [0.5, 0.6) is 5.75 Å². The highest BCUT2D eigenvalue weighted by Gasteiger charge is 2.20. The van der Waals surface area contributed by atoms with Gasteiger partial charge in [0.25, 0.3) is 0 Å². The Hall–Kier alpha value is -2.72. The summed E-state index contributed by atoms with van der Waals surface area (Å²) in [6.45, 7) is 3.14. The van der Waals surface area contributed by atoms with Crippen LogP contribution in [0.25, 0.3) is 0 Å². The third kappa shape index (κ3) is 6.19. The molecule has 1 amide bonds. The number of methoxy groups -OCH3 is 1. The van der Waals surface area contributed by atoms with Gasteiger partial charge in [0, 0.05) is 38.8 Å². The van der Waals surface area contributed by atoms with Crippen molar-refractivity contribution in [1.82, 2.24) is 15.1 Å². The van der Waals surface area contributed by atoms with Crippen LogP contribution >= 0.6 is 0 Å². The van der Waals surface area contributed by atoms with E-state index in [1.54, 1.807) is 22.9 Å². The molecule has 1 aliphatic heterocycles. The van der Waals surface area contributed by atoms with E-state index in [1.807, 2.05) is 0 Å². The van der Waals surface area contributed by atoms with Crippen LogP contribution in [0.2, 0.25) is 0 Å². The number of likely N-dealkylation sites (N-methyl/N-ethyl adjacent to an activating group) is 1. The number of piperazine rings is 1. The van der Waals surface area contributed by atoms with Gasteiger partial charge in [0.2, 0.25) is 5.91 Å². The van der Waals surface area contributed by atoms with Crippen LogP contribution in [0, 0.1) is 10.1 Å². The molecule has 0 aliphatic carbocycles. The number of hydrogen-bond donors (Lipinski definition) is 1. The summed E-state index contributed by atoms with van der Waals surface area (Å²) in [7, 11) is 2.99. The summed E-state index contributed by atoms with van der Waals surface area (Å²) in [5, 5.41) is 14.5. The number of ether oxygens (including phenoxy) is 2. The van der Waals surface area contributed by atoms with Gasteiger partial charge in [-0.3, -0.25) is 19.8 Å². The lowest BCUT2D eigenvalue weighted by Crippen LogP contribution is -2.49. The molecule has 1 aliphatic rings. The van der Waals surface area contributed by atoms with Gasteiger partial charge in [-0.2, -0.15) is 0 Å². The van der Waals surface area contributed by atoms with Crippen LogP contribution in [0.4, 0.5) is 5.69 Å². The number of nitrogens with one attached hydrogen (secondary N) is 1. The van der Waals surface area contributed by atoms with E-state index >= 15 is 0 Å². The lowest BCUT2D eigenvalue weighted by molar-refractivity contribution is -0.385. The minimum atomic E-state index is -0.625. The second-order valence-electron chi connectivity index (χ2n) is 6.23. The van der Waals surface area contributed by atoms with Crippen molar-refractivity contribution in [3.8, 4) is 5.75 Å². The number of rotatable bonds is 8. The van der Waals surface area contributed by atoms with E-state index in [0.29, 0.717) is 25.2 Å². The molecule has 148 valence electrons. The van der Waals surface area contributed by atoms with E-state index in [1.165, 1.54) is 19.2 Å². The highest BCUT2D eigenvalue weighted by atomic mass is 16.6. The van der Waals surface area contributed by atoms with Gasteiger partial charge in [0.05, 0.1) is 18.6 Å². The molecule has 0 bridgehead atoms. The molecule has 0 radical (unpaired) electrons. The van der Waals surface area contributed by atoms with Crippen LogP contribution in [-0.4, -0.2) is 80.1 Å². The van der Waals surface area contributed by atoms with Crippen molar-refractivity contribution in [2.75, 3.05) is 53.5 Å². The molecule has 1 aromatic carbocycles. The molecule has 27 heavy (non-hydrogen) atoms. The quantitative estimate of drug-likeness (QED) is 0.381. The van der Waals surface area contributed by atoms with Crippen molar-refractivity contribution >= 4 is 17.6 Å². The van der Waals surface area contributed by atoms with E-state index in [2.05, 4.69) is 10.1 Å². The number of amides is 1. The zero-order valence-corrected chi connectivity index (χ0v) is 15.5. The topological polar surface area (TPSA) is 114 Å². The van der Waals surface area contributed by atoms with E-state index in [4.69, 9.17) is 4.74 Å². The van der Waals surface area contributed by atoms with Crippen molar-refractivity contribution in [3.05, 3.63) is 33.9 Å². The molecule has 1 aromatic rings. The summed E-state index contributed by atoms with van der Waals surface area (Å²) >= 11 is 0. The monoisotopic (exact) mass is 380 g/mol. The number of benzene rings is 1. The summed E-state index contributed by atoms with van der Waals surface area (Å²) in [4.78, 5) is 37.8. The van der Waals surface area contributed by atoms with Crippen LogP contribution in [0.3, 0.4) is 0 Å². The summed E-state index contributed by atoms with van der Waals surface area (Å²) in [6.07, 6.45) is 0. The summed E-state index contributed by atoms with van der Waals surface area (Å²) in [5.41, 5.74) is 0.431. The number of nitro benzene ring substituents is 1. The fourth-order valence-electron chi connectivity index (χ4n) is 2.73. The molecule has 0 spiro atoms. The molecule has 0 atom stereocenters. The van der Waals surface area contributed by atoms with Gasteiger partial charge >= 0.3 is 11.7 Å². The van der Waals surface area contributed by atoms with Crippen LogP contribution in [-0.2, 0) is 20.9 Å². The molecule has 0 saturated carbocycles. The van der Waals surface area contributed by atoms with E-state index in [-0.39, 0.29) is 23.9 Å². The first-order valence-corrected chi connectivity index (χ1v) is 8.54. The number of nitrogens with zero attached hydrogens (tertiary/aromatic N) is 3. The lowest BCUT2D eigenvalue weighted by Gasteiger charge is -2.29. The maximum absolute atomic E-state index is 12.3. The highest BCUT2D eigenvalue weighted by Crippen LogP contribution is 2.28. The molecule has 10 nitrogen and oxygen atoms in total. The Labute approximate surface area is 157 Å². The maximum Gasteiger partial charge on any atom is 0.343 e. The van der Waals surface area contributed by atoms with Gasteiger partial charge in [-0.25, -0.2) is 4.79 Å². The Bertz CT molecular complexity index is 690. The Morgan fingerprint density at radius 2 is 2.04 bits per heavy atom. The van der Waals surface area contributed by atoms with Gasteiger partial charge in [0.1, 0.15) is 0 Å². The molecule has 0 unspecified atom stereocenters. The Morgan fingerprint density at radius 3 is 2.67 bits per heavy atom. The Morgan fingerprint density at radius 1 is 1.33 bits per heavy atom. The molecule has 1 saturated heterocycles. The van der Waals surface area contributed by atoms with Gasteiger partial charge in [-0.05, 0) is 18.7 Å². The number of hydrogen-bond acceptors (Lipinski definition) is 8. The van der Waals surface area contributed by atoms with Gasteiger partial charge in [-0.15, -0.1) is 0 Å². The van der Waals surface area contributed by atoms with Crippen molar-refractivity contribution in [3.63, 3.8) is 0 Å². The highest BCUT2D eigenvalue weighted by molar-refractivity contribution is 5.78. The zero-order valence-electron chi connectivity index (χ0n) is 15.5. The van der Waals surface area contributed by atoms with E-state index in [0.717, 1.165) is 13.1 Å². The third-order valence-electron chi connectivity index (χ3n) is 4.12. The molecular weight excluding hydrogens is 356 g/mol. The van der Waals surface area contributed by atoms with E-state index in [9.17, 15) is 19.7 Å². The molecule has 10 heteroatoms. The van der Waals surface area contributed by atoms with Crippen molar-refractivity contribution in [2.45, 2.75) is 6.54 Å². The number of carbonyl (C=O) groups is 2. The summed E-state index contributed by atoms with van der Waals surface area (Å²) in [6, 6.07) is 4.51. The Kier molecular flexibility index (Phi) is 7.50. The van der Waals surface area contributed by atoms with Gasteiger partial charge in [-0.1, -0.05) is 6.07 Å². The average molecular weight is 380 g/mol. The summed E-state index contributed by atoms with van der Waals surface area (Å²) in [5.74, 6) is -0.597. The van der Waals surface area contributed by atoms with Crippen molar-refractivity contribution < 1.29 is 24.0 Å². The normalized spacial score (nSPS) is 14.1. The smallest absolute Gasteiger partial charge is 0.343 e. The minimum Gasteiger partial charge on any atom is -0.475 e. The molecule has 1 N–H and O–H groups in total. The molecule has 1 fully saturated rings. The maximum atomic E-state index is 12.3. The largest absolute Gasteiger partial charge is 0.475 e. The number of esters is 1. The van der Waals surface area contributed by atoms with Crippen LogP contribution in [0.15, 0.2) is 18.2 Å². The fourth-order valence-corrected chi connectivity index (χ4v) is 2.73. The first-order chi connectivity index (χ1) is 12.9. The fraction of sp³-hybridized carbons (Fsp3) is 0.529. The third-order valence-corrected chi connectivity index (χ3v) is 4.12. The predicted octanol–water partition coefficient (Wildman–Crippen LogP) is 0.0102. The number of carbonyl (C=O) groups excluding carboxylic acids is 2. The molecule has 2 rings (SSSR count). The molecular formula is C17H24N4O6. The van der Waals surface area contributed by atoms with Crippen molar-refractivity contribution in [1.29, 1.82) is 0 Å². The zero-order chi connectivity index (χ0) is 19.8. The lowest BCUT2D eigenvalue weighted by atomic mass is 10.1. The first-order valence-electron chi connectivity index (χ1n) is 8.54. The van der Waals surface area contributed by atoms with Crippen LogP contribution in [0.1, 0.15) is 5.56 Å². The second-order valence-corrected chi connectivity index (χ2v) is 6.23. The minimum absolute atomic E-state index is 0.00584. The number of nitro groups is 1. The molecule has 1 heterocycles. The van der Waals surface area contributed by atoms with Crippen molar-refractivity contribution in [2.24, 2.45) is 0 Å². The van der Waals surface area contributed by atoms with E-state index < -0.39 is 17.5 Å². The second kappa shape index (κ2) is 9.83. The predicted molar refractivity (Wildman–Crippen MR) is 96.4 cm³/mol. The van der Waals surface area contributed by atoms with Crippen LogP contribution < -0.4 is 10.1 Å². The Balaban J connectivity index is 1.98. The summed E-state index contributed by atoms with van der Waals surface area (Å²) < 4.78 is 9.61. The van der Waals surface area contributed by atoms with Gasteiger partial charge in [0.15, 0.2) is 12.4 Å². The van der Waals surface area contributed by atoms with Gasteiger partial charge < -0.3 is 19.7 Å². The standard InChI is InChI=1S/C17H24N4O6/c1-19(11-16(22)20-7-5-18-6-8-20)10-13-3-4-15(14(9-13)21(24)25)27-12-17(23)26-2/h3-4,9,18H,5-8,10-12H2,1-2H3. The SMILES string of the molecule is COC(=O)COc1ccc(CN(C)CC(=O)N2CCNCC2)cc1[N+](=O)[O-]. The molecule has 0 aromatic heterocycles. The first kappa shape index (κ1) is 20.6. The average Bonchev–Trinajstić information content (AvgIpc) is 2.67.